The van der Waals surface area contributed by atoms with Gasteiger partial charge in [-0.05, 0) is 41.0 Å². The van der Waals surface area contributed by atoms with Crippen molar-refractivity contribution in [2.45, 2.75) is 44.3 Å². The van der Waals surface area contributed by atoms with Gasteiger partial charge in [-0.2, -0.15) is 12.6 Å². The van der Waals surface area contributed by atoms with Gasteiger partial charge in [0.15, 0.2) is 0 Å². The Morgan fingerprint density at radius 1 is 1.17 bits per heavy atom. The summed E-state index contributed by atoms with van der Waals surface area (Å²) in [4.78, 5) is 41.2. The van der Waals surface area contributed by atoms with Gasteiger partial charge >= 0.3 is 0 Å². The van der Waals surface area contributed by atoms with Gasteiger partial charge in [-0.15, -0.1) is 11.3 Å². The van der Waals surface area contributed by atoms with Gasteiger partial charge in [0.25, 0.3) is 0 Å². The molecule has 1 aromatic carbocycles. The first kappa shape index (κ1) is 22.9. The molecule has 2 amide bonds. The van der Waals surface area contributed by atoms with E-state index in [1.807, 2.05) is 0 Å². The first-order valence-corrected chi connectivity index (χ1v) is 13.4. The van der Waals surface area contributed by atoms with Crippen molar-refractivity contribution >= 4 is 51.8 Å². The Morgan fingerprint density at radius 3 is 2.80 bits per heavy atom. The molecule has 6 rings (SSSR count). The van der Waals surface area contributed by atoms with Crippen molar-refractivity contribution < 1.29 is 9.59 Å². The number of rotatable bonds is 4. The van der Waals surface area contributed by atoms with E-state index in [2.05, 4.69) is 60.5 Å². The number of amides is 2. The number of thiophene rings is 1. The highest BCUT2D eigenvalue weighted by molar-refractivity contribution is 7.80. The van der Waals surface area contributed by atoms with Crippen LogP contribution in [0.2, 0.25) is 0 Å². The zero-order chi connectivity index (χ0) is 24.1. The van der Waals surface area contributed by atoms with Gasteiger partial charge in [0, 0.05) is 45.7 Å². The molecule has 8 nitrogen and oxygen atoms in total. The van der Waals surface area contributed by atoms with Crippen LogP contribution in [0.3, 0.4) is 0 Å². The Kier molecular flexibility index (Phi) is 6.00. The third kappa shape index (κ3) is 4.12. The minimum atomic E-state index is -0.316. The largest absolute Gasteiger partial charge is 0.353 e. The lowest BCUT2D eigenvalue weighted by molar-refractivity contribution is -0.137. The molecule has 0 saturated carbocycles. The number of piperazine rings is 1. The predicted molar refractivity (Wildman–Crippen MR) is 140 cm³/mol. The van der Waals surface area contributed by atoms with E-state index in [-0.39, 0.29) is 23.2 Å². The Hall–Kier alpha value is -2.53. The van der Waals surface area contributed by atoms with Crippen LogP contribution >= 0.6 is 24.0 Å². The van der Waals surface area contributed by atoms with E-state index in [1.54, 1.807) is 17.7 Å². The molecule has 5 heterocycles. The van der Waals surface area contributed by atoms with E-state index in [9.17, 15) is 9.59 Å². The average molecular weight is 509 g/mol. The Morgan fingerprint density at radius 2 is 2.00 bits per heavy atom. The van der Waals surface area contributed by atoms with E-state index < -0.39 is 0 Å². The number of carbonyl (C=O) groups is 2. The molecule has 2 fully saturated rings. The molecule has 0 radical (unpaired) electrons. The van der Waals surface area contributed by atoms with Crippen molar-refractivity contribution in [3.05, 3.63) is 52.2 Å². The summed E-state index contributed by atoms with van der Waals surface area (Å²) in [6.45, 7) is 7.45. The molecule has 0 spiro atoms. The third-order valence-corrected chi connectivity index (χ3v) is 9.03. The van der Waals surface area contributed by atoms with Crippen LogP contribution in [0.15, 0.2) is 29.9 Å². The molecule has 2 unspecified atom stereocenters. The maximum absolute atomic E-state index is 12.5. The highest BCUT2D eigenvalue weighted by Gasteiger charge is 2.39. The fourth-order valence-corrected chi connectivity index (χ4v) is 6.93. The van der Waals surface area contributed by atoms with Gasteiger partial charge in [0.2, 0.25) is 11.8 Å². The molecule has 3 aliphatic heterocycles. The molecule has 182 valence electrons. The van der Waals surface area contributed by atoms with E-state index in [4.69, 9.17) is 12.6 Å². The van der Waals surface area contributed by atoms with Crippen molar-refractivity contribution in [1.82, 2.24) is 25.1 Å². The van der Waals surface area contributed by atoms with Crippen molar-refractivity contribution in [3.63, 3.8) is 0 Å². The molecular formula is C25H28N6O2S2. The Labute approximate surface area is 213 Å². The number of aromatic nitrogens is 2. The number of hydrogen-bond acceptors (Lipinski definition) is 9. The van der Waals surface area contributed by atoms with Crippen LogP contribution in [0.5, 0.6) is 0 Å². The summed E-state index contributed by atoms with van der Waals surface area (Å²) in [5, 5.41) is 5.69. The van der Waals surface area contributed by atoms with Crippen LogP contribution in [-0.2, 0) is 22.7 Å². The third-order valence-electron chi connectivity index (χ3n) is 7.45. The van der Waals surface area contributed by atoms with E-state index >= 15 is 0 Å². The number of anilines is 1. The van der Waals surface area contributed by atoms with Crippen molar-refractivity contribution in [2.24, 2.45) is 0 Å². The summed E-state index contributed by atoms with van der Waals surface area (Å²) < 4.78 is 0. The van der Waals surface area contributed by atoms with Gasteiger partial charge in [0.05, 0.1) is 16.8 Å². The number of carbonyl (C=O) groups excluding carboxylic acids is 2. The summed E-state index contributed by atoms with van der Waals surface area (Å²) in [5.74, 6) is 0.660. The molecule has 35 heavy (non-hydrogen) atoms. The second-order valence-corrected chi connectivity index (χ2v) is 10.9. The zero-order valence-corrected chi connectivity index (χ0v) is 21.3. The van der Waals surface area contributed by atoms with E-state index in [0.717, 1.165) is 43.4 Å². The summed E-state index contributed by atoms with van der Waals surface area (Å²) in [6, 6.07) is 6.09. The monoisotopic (exact) mass is 508 g/mol. The number of aryl methyl sites for hydroxylation is 1. The quantitative estimate of drug-likeness (QED) is 0.414. The minimum Gasteiger partial charge on any atom is -0.353 e. The SMILES string of the molecule is Cc1csc2ncnc(N3CCN(Cc4cccc5c4CN(C4CCC(=O)NC4=O)C5S)CC3)c12. The highest BCUT2D eigenvalue weighted by atomic mass is 32.1. The number of thiol groups is 1. The van der Waals surface area contributed by atoms with Crippen molar-refractivity contribution in [3.8, 4) is 0 Å². The number of nitrogens with zero attached hydrogens (tertiary/aromatic N) is 5. The number of benzene rings is 1. The van der Waals surface area contributed by atoms with Crippen LogP contribution in [0.4, 0.5) is 5.82 Å². The second kappa shape index (κ2) is 9.16. The average Bonchev–Trinajstić information content (AvgIpc) is 3.40. The van der Waals surface area contributed by atoms with Crippen molar-refractivity contribution in [1.29, 1.82) is 0 Å². The molecule has 3 aliphatic rings. The Bertz CT molecular complexity index is 1300. The lowest BCUT2D eigenvalue weighted by Crippen LogP contribution is -2.51. The number of hydrogen-bond donors (Lipinski definition) is 2. The fraction of sp³-hybridized carbons (Fsp3) is 0.440. The minimum absolute atomic E-state index is 0.139. The van der Waals surface area contributed by atoms with Crippen LogP contribution < -0.4 is 10.2 Å². The van der Waals surface area contributed by atoms with Gasteiger partial charge < -0.3 is 4.90 Å². The molecule has 3 aromatic rings. The van der Waals surface area contributed by atoms with Crippen LogP contribution in [0.25, 0.3) is 10.2 Å². The lowest BCUT2D eigenvalue weighted by atomic mass is 10.0. The van der Waals surface area contributed by atoms with Gasteiger partial charge in [0.1, 0.15) is 17.0 Å². The zero-order valence-electron chi connectivity index (χ0n) is 19.6. The summed E-state index contributed by atoms with van der Waals surface area (Å²) in [5.41, 5.74) is 4.98. The van der Waals surface area contributed by atoms with Crippen molar-refractivity contribution in [2.75, 3.05) is 31.1 Å². The normalized spacial score (nSPS) is 23.7. The van der Waals surface area contributed by atoms with E-state index in [1.165, 1.54) is 27.6 Å². The Balaban J connectivity index is 1.15. The predicted octanol–water partition coefficient (Wildman–Crippen LogP) is 2.87. The van der Waals surface area contributed by atoms with Gasteiger partial charge in [-0.1, -0.05) is 18.2 Å². The second-order valence-electron chi connectivity index (χ2n) is 9.56. The summed E-state index contributed by atoms with van der Waals surface area (Å²) >= 11 is 6.54. The molecule has 2 saturated heterocycles. The molecular weight excluding hydrogens is 480 g/mol. The number of imide groups is 1. The first-order chi connectivity index (χ1) is 17.0. The van der Waals surface area contributed by atoms with Crippen LogP contribution in [0.1, 0.15) is 40.5 Å². The number of nitrogens with one attached hydrogen (secondary N) is 1. The number of fused-ring (bicyclic) bond motifs is 2. The molecule has 0 bridgehead atoms. The lowest BCUT2D eigenvalue weighted by Gasteiger charge is -2.36. The molecule has 10 heteroatoms. The fourth-order valence-electron chi connectivity index (χ4n) is 5.56. The summed E-state index contributed by atoms with van der Waals surface area (Å²) in [6.07, 6.45) is 2.60. The molecule has 2 atom stereocenters. The summed E-state index contributed by atoms with van der Waals surface area (Å²) in [7, 11) is 0. The van der Waals surface area contributed by atoms with Gasteiger partial charge in [-0.3, -0.25) is 24.7 Å². The number of piperidine rings is 1. The van der Waals surface area contributed by atoms with E-state index in [0.29, 0.717) is 19.4 Å². The smallest absolute Gasteiger partial charge is 0.243 e. The first-order valence-electron chi connectivity index (χ1n) is 12.0. The molecule has 1 N–H and O–H groups in total. The molecule has 0 aliphatic carbocycles. The highest BCUT2D eigenvalue weighted by Crippen LogP contribution is 2.41. The maximum atomic E-state index is 12.5. The van der Waals surface area contributed by atoms with Crippen LogP contribution in [-0.4, -0.2) is 63.8 Å². The van der Waals surface area contributed by atoms with Gasteiger partial charge in [-0.25, -0.2) is 9.97 Å². The maximum Gasteiger partial charge on any atom is 0.243 e. The standard InChI is InChI=1S/C25H28N6O2S2/c1-15-13-35-24-21(15)22(26-14-27-24)30-9-7-29(8-10-30)11-16-3-2-4-17-18(16)12-31(25(17)34)19-5-6-20(32)28-23(19)33/h2-4,13-14,19,25,34H,5-12H2,1H3,(H,28,32,33). The van der Waals surface area contributed by atoms with Crippen LogP contribution in [0, 0.1) is 6.92 Å². The molecule has 2 aromatic heterocycles. The topological polar surface area (TPSA) is 81.7 Å².